The Kier molecular flexibility index (Phi) is 7.56. The standard InChI is InChI=1S/C27H36F2N6O3/c1-4-38-21-13-20(36)22(28)24(23(21)29)34-15-16-14-30-26(31-17-9-11-18(12-10-17)33(2)3)32-25(16)35(27(34)37)19-7-5-6-8-19/h13-14,17-19,36H,4-12,15H2,1-3H3,(H,30,31,32). The number of nitrogens with zero attached hydrogens (tertiary/aromatic N) is 5. The molecule has 3 aliphatic rings. The minimum absolute atomic E-state index is 0.118. The normalized spacial score (nSPS) is 22.2. The first-order valence-corrected chi connectivity index (χ1v) is 13.5. The molecule has 0 spiro atoms. The van der Waals surface area contributed by atoms with E-state index in [1.54, 1.807) is 18.0 Å². The van der Waals surface area contributed by atoms with Gasteiger partial charge in [0.15, 0.2) is 23.1 Å². The molecule has 2 fully saturated rings. The number of nitrogens with one attached hydrogen (secondary N) is 1. The van der Waals surface area contributed by atoms with Crippen LogP contribution < -0.4 is 19.9 Å². The van der Waals surface area contributed by atoms with E-state index in [4.69, 9.17) is 9.72 Å². The van der Waals surface area contributed by atoms with Crippen LogP contribution in [0.3, 0.4) is 0 Å². The van der Waals surface area contributed by atoms with Gasteiger partial charge in [0.2, 0.25) is 5.95 Å². The average Bonchev–Trinajstić information content (AvgIpc) is 3.43. The van der Waals surface area contributed by atoms with E-state index in [9.17, 15) is 9.90 Å². The number of carbonyl (C=O) groups excluding carboxylic acids is 1. The maximum atomic E-state index is 15.4. The molecule has 2 amide bonds. The molecule has 11 heteroatoms. The predicted octanol–water partition coefficient (Wildman–Crippen LogP) is 5.03. The fourth-order valence-corrected chi connectivity index (χ4v) is 5.91. The first kappa shape index (κ1) is 26.4. The molecule has 9 nitrogen and oxygen atoms in total. The number of carbonyl (C=O) groups is 1. The number of phenols is 1. The Morgan fingerprint density at radius 1 is 1.13 bits per heavy atom. The van der Waals surface area contributed by atoms with Crippen LogP contribution in [0.15, 0.2) is 12.3 Å². The number of hydrogen-bond acceptors (Lipinski definition) is 7. The van der Waals surface area contributed by atoms with Crippen molar-refractivity contribution in [2.45, 2.75) is 83.0 Å². The van der Waals surface area contributed by atoms with Gasteiger partial charge in [0, 0.05) is 36.0 Å². The van der Waals surface area contributed by atoms with Crippen molar-refractivity contribution >= 4 is 23.5 Å². The number of halogens is 2. The lowest BCUT2D eigenvalue weighted by Crippen LogP contribution is -2.52. The van der Waals surface area contributed by atoms with Gasteiger partial charge in [-0.05, 0) is 59.5 Å². The third kappa shape index (κ3) is 4.95. The summed E-state index contributed by atoms with van der Waals surface area (Å²) in [5.41, 5.74) is -0.0505. The maximum absolute atomic E-state index is 15.4. The lowest BCUT2D eigenvalue weighted by atomic mass is 9.91. The zero-order valence-corrected chi connectivity index (χ0v) is 22.2. The van der Waals surface area contributed by atoms with E-state index in [-0.39, 0.29) is 31.0 Å². The van der Waals surface area contributed by atoms with E-state index in [0.717, 1.165) is 62.3 Å². The second-order valence-corrected chi connectivity index (χ2v) is 10.6. The summed E-state index contributed by atoms with van der Waals surface area (Å²) in [5, 5.41) is 13.6. The van der Waals surface area contributed by atoms with Gasteiger partial charge < -0.3 is 20.1 Å². The first-order valence-electron chi connectivity index (χ1n) is 13.5. The Hall–Kier alpha value is -3.21. The first-order chi connectivity index (χ1) is 18.3. The minimum atomic E-state index is -1.21. The molecule has 1 aromatic carbocycles. The molecule has 2 aliphatic carbocycles. The summed E-state index contributed by atoms with van der Waals surface area (Å²) in [6.07, 6.45) is 9.26. The van der Waals surface area contributed by atoms with Gasteiger partial charge in [0.25, 0.3) is 0 Å². The third-order valence-corrected chi connectivity index (χ3v) is 7.98. The topological polar surface area (TPSA) is 94.1 Å². The zero-order chi connectivity index (χ0) is 27.0. The molecule has 0 atom stereocenters. The van der Waals surface area contributed by atoms with Crippen LogP contribution in [0.1, 0.15) is 63.9 Å². The van der Waals surface area contributed by atoms with Crippen molar-refractivity contribution in [3.05, 3.63) is 29.5 Å². The fourth-order valence-electron chi connectivity index (χ4n) is 5.91. The van der Waals surface area contributed by atoms with Gasteiger partial charge in [-0.15, -0.1) is 0 Å². The van der Waals surface area contributed by atoms with Gasteiger partial charge in [-0.2, -0.15) is 4.98 Å². The van der Waals surface area contributed by atoms with Crippen LogP contribution in [0.2, 0.25) is 0 Å². The van der Waals surface area contributed by atoms with E-state index in [1.807, 2.05) is 0 Å². The molecule has 1 aromatic heterocycles. The second kappa shape index (κ2) is 10.9. The highest BCUT2D eigenvalue weighted by molar-refractivity contribution is 6.06. The molecule has 2 saturated carbocycles. The maximum Gasteiger partial charge on any atom is 0.330 e. The van der Waals surface area contributed by atoms with Crippen molar-refractivity contribution in [2.24, 2.45) is 0 Å². The average molecular weight is 531 g/mol. The zero-order valence-electron chi connectivity index (χ0n) is 22.2. The molecule has 2 heterocycles. The Labute approximate surface area is 221 Å². The number of hydrogen-bond donors (Lipinski definition) is 2. The van der Waals surface area contributed by atoms with E-state index in [0.29, 0.717) is 23.4 Å². The van der Waals surface area contributed by atoms with Crippen LogP contribution in [-0.4, -0.2) is 64.8 Å². The Balaban J connectivity index is 1.47. The highest BCUT2D eigenvalue weighted by Crippen LogP contribution is 2.42. The second-order valence-electron chi connectivity index (χ2n) is 10.6. The van der Waals surface area contributed by atoms with Crippen molar-refractivity contribution in [3.63, 3.8) is 0 Å². The van der Waals surface area contributed by atoms with Gasteiger partial charge in [-0.1, -0.05) is 12.8 Å². The molecule has 2 aromatic rings. The van der Waals surface area contributed by atoms with Crippen LogP contribution in [0, 0.1) is 11.6 Å². The van der Waals surface area contributed by atoms with Crippen molar-refractivity contribution in [3.8, 4) is 11.5 Å². The summed E-state index contributed by atoms with van der Waals surface area (Å²) < 4.78 is 35.8. The quantitative estimate of drug-likeness (QED) is 0.518. The number of anilines is 3. The molecule has 2 N–H and O–H groups in total. The number of rotatable bonds is 7. The molecular formula is C27H36F2N6O3. The van der Waals surface area contributed by atoms with Gasteiger partial charge in [-0.3, -0.25) is 9.80 Å². The van der Waals surface area contributed by atoms with Crippen molar-refractivity contribution in [1.29, 1.82) is 0 Å². The van der Waals surface area contributed by atoms with Crippen LogP contribution in [0.4, 0.5) is 31.0 Å². The third-order valence-electron chi connectivity index (χ3n) is 7.98. The van der Waals surface area contributed by atoms with E-state index < -0.39 is 29.1 Å². The van der Waals surface area contributed by atoms with Crippen LogP contribution in [0.25, 0.3) is 0 Å². The fraction of sp³-hybridized carbons (Fsp3) is 0.593. The molecule has 1 aliphatic heterocycles. The van der Waals surface area contributed by atoms with Gasteiger partial charge in [0.05, 0.1) is 13.2 Å². The minimum Gasteiger partial charge on any atom is -0.505 e. The number of aromatic hydroxyl groups is 1. The smallest absolute Gasteiger partial charge is 0.330 e. The summed E-state index contributed by atoms with van der Waals surface area (Å²) in [4.78, 5) is 28.0. The van der Waals surface area contributed by atoms with Crippen molar-refractivity contribution in [2.75, 3.05) is 35.8 Å². The highest BCUT2D eigenvalue weighted by Gasteiger charge is 2.41. The molecule has 38 heavy (non-hydrogen) atoms. The number of urea groups is 1. The monoisotopic (exact) mass is 530 g/mol. The summed E-state index contributed by atoms with van der Waals surface area (Å²) >= 11 is 0. The Morgan fingerprint density at radius 2 is 1.84 bits per heavy atom. The molecule has 0 unspecified atom stereocenters. The number of amides is 2. The largest absolute Gasteiger partial charge is 0.505 e. The molecular weight excluding hydrogens is 494 g/mol. The van der Waals surface area contributed by atoms with Crippen LogP contribution >= 0.6 is 0 Å². The van der Waals surface area contributed by atoms with Gasteiger partial charge >= 0.3 is 6.03 Å². The van der Waals surface area contributed by atoms with E-state index in [2.05, 4.69) is 29.3 Å². The Bertz CT molecular complexity index is 1180. The molecule has 0 saturated heterocycles. The predicted molar refractivity (Wildman–Crippen MR) is 141 cm³/mol. The summed E-state index contributed by atoms with van der Waals surface area (Å²) in [5.74, 6) is -2.40. The van der Waals surface area contributed by atoms with Crippen LogP contribution in [-0.2, 0) is 6.54 Å². The number of aromatic nitrogens is 2. The molecule has 0 bridgehead atoms. The number of fused-ring (bicyclic) bond motifs is 1. The number of phenolic OH excluding ortho intramolecular Hbond substituents is 1. The lowest BCUT2D eigenvalue weighted by molar-refractivity contribution is 0.221. The lowest BCUT2D eigenvalue weighted by Gasteiger charge is -2.39. The summed E-state index contributed by atoms with van der Waals surface area (Å²) in [7, 11) is 4.21. The van der Waals surface area contributed by atoms with Crippen LogP contribution in [0.5, 0.6) is 11.5 Å². The van der Waals surface area contributed by atoms with Gasteiger partial charge in [0.1, 0.15) is 11.5 Å². The van der Waals surface area contributed by atoms with Gasteiger partial charge in [-0.25, -0.2) is 18.6 Å². The van der Waals surface area contributed by atoms with E-state index >= 15 is 8.78 Å². The number of ether oxygens (including phenoxy) is 1. The summed E-state index contributed by atoms with van der Waals surface area (Å²) in [6, 6.07) is 0.985. The highest BCUT2D eigenvalue weighted by atomic mass is 19.1. The van der Waals surface area contributed by atoms with Crippen molar-refractivity contribution in [1.82, 2.24) is 14.9 Å². The van der Waals surface area contributed by atoms with E-state index in [1.165, 1.54) is 0 Å². The SMILES string of the molecule is CCOc1cc(O)c(F)c(N2Cc3cnc(NC4CCC(N(C)C)CC4)nc3N(C3CCCC3)C2=O)c1F. The van der Waals surface area contributed by atoms with Crippen molar-refractivity contribution < 1.29 is 23.4 Å². The molecule has 206 valence electrons. The molecule has 5 rings (SSSR count). The number of benzene rings is 1. The Morgan fingerprint density at radius 3 is 2.50 bits per heavy atom. The summed E-state index contributed by atoms with van der Waals surface area (Å²) in [6.45, 7) is 1.64. The molecule has 0 radical (unpaired) electrons.